The van der Waals surface area contributed by atoms with Gasteiger partial charge in [0.1, 0.15) is 23.0 Å². The van der Waals surface area contributed by atoms with Crippen LogP contribution in [-0.2, 0) is 39.5 Å². The van der Waals surface area contributed by atoms with Crippen molar-refractivity contribution in [3.8, 4) is 45.3 Å². The van der Waals surface area contributed by atoms with Gasteiger partial charge >= 0.3 is 71.3 Å². The second-order valence-electron chi connectivity index (χ2n) is 13.9. The van der Waals surface area contributed by atoms with E-state index >= 15 is 0 Å². The molecule has 0 saturated heterocycles. The number of ether oxygens (including phenoxy) is 1. The Labute approximate surface area is 335 Å². The molecule has 5 rings (SSSR count). The normalized spacial score (nSPS) is 12.3. The summed E-state index contributed by atoms with van der Waals surface area (Å²) in [5, 5.41) is 22.2. The van der Waals surface area contributed by atoms with E-state index in [4.69, 9.17) is 42.0 Å². The summed E-state index contributed by atoms with van der Waals surface area (Å²) in [5.74, 6) is 3.28. The standard InChI is InChI=1S/C39H46O3.2CH3.4ClH.2Ti/c1-21(2)29-17-25(18-30(22(3)4)35(29)40)27-13-11-15-33-37(27)42-38-28(14-12-16-34(38)39(33,9)10)26-19-31(23(5)6)36(41)32(20-26)24(7)8;;;;;;;;/h11-24,40-41H,1-10H3;2*1H3;4*1H;;/q;2*-1;;;;;2*+2/p-4. The third-order valence-corrected chi connectivity index (χ3v) is 9.03. The van der Waals surface area contributed by atoms with Crippen LogP contribution in [0, 0.1) is 14.9 Å². The molecular weight excluding hydrogens is 778 g/mol. The molecule has 1 aliphatic heterocycles. The first-order valence-electron chi connectivity index (χ1n) is 16.2. The number of fused-ring (bicyclic) bond motifs is 2. The molecule has 0 fully saturated rings. The van der Waals surface area contributed by atoms with Gasteiger partial charge in [0, 0.05) is 27.7 Å². The van der Waals surface area contributed by atoms with Crippen molar-refractivity contribution >= 4 is 37.2 Å². The van der Waals surface area contributed by atoms with E-state index in [0.29, 0.717) is 11.5 Å². The van der Waals surface area contributed by atoms with Gasteiger partial charge in [0.15, 0.2) is 0 Å². The minimum atomic E-state index is -0.556. The van der Waals surface area contributed by atoms with Crippen molar-refractivity contribution < 1.29 is 49.0 Å². The van der Waals surface area contributed by atoms with Crippen LogP contribution in [-0.4, -0.2) is 10.2 Å². The molecule has 0 spiro atoms. The van der Waals surface area contributed by atoms with E-state index in [1.54, 1.807) is 0 Å². The van der Waals surface area contributed by atoms with Crippen LogP contribution in [0.15, 0.2) is 60.7 Å². The van der Waals surface area contributed by atoms with E-state index in [9.17, 15) is 10.2 Å². The quantitative estimate of drug-likeness (QED) is 0.150. The van der Waals surface area contributed by atoms with Gasteiger partial charge in [-0.25, -0.2) is 0 Å². The summed E-state index contributed by atoms with van der Waals surface area (Å²) in [6.45, 7) is 21.5. The second kappa shape index (κ2) is 20.4. The summed E-state index contributed by atoms with van der Waals surface area (Å²) in [6.07, 6.45) is 0. The Morgan fingerprint density at radius 1 is 0.540 bits per heavy atom. The molecule has 0 aliphatic carbocycles. The van der Waals surface area contributed by atoms with Gasteiger partial charge in [-0.3, -0.25) is 0 Å². The van der Waals surface area contributed by atoms with Gasteiger partial charge in [0.05, 0.1) is 0 Å². The zero-order valence-corrected chi connectivity index (χ0v) is 37.5. The summed E-state index contributed by atoms with van der Waals surface area (Å²) in [4.78, 5) is 0. The van der Waals surface area contributed by atoms with Gasteiger partial charge < -0.3 is 29.8 Å². The molecule has 2 N–H and O–H groups in total. The first kappa shape index (κ1) is 46.9. The van der Waals surface area contributed by atoms with Crippen molar-refractivity contribution in [1.82, 2.24) is 0 Å². The van der Waals surface area contributed by atoms with E-state index in [-0.39, 0.29) is 43.9 Å². The number of rotatable bonds is 6. The van der Waals surface area contributed by atoms with Gasteiger partial charge in [-0.15, -0.1) is 0 Å². The van der Waals surface area contributed by atoms with Crippen molar-refractivity contribution in [3.63, 3.8) is 0 Å². The fourth-order valence-electron chi connectivity index (χ4n) is 6.41. The maximum absolute atomic E-state index is 11.1. The Morgan fingerprint density at radius 3 is 1.04 bits per heavy atom. The van der Waals surface area contributed by atoms with Gasteiger partial charge in [-0.05, 0) is 81.3 Å². The molecule has 0 radical (unpaired) electrons. The van der Waals surface area contributed by atoms with Crippen molar-refractivity contribution in [1.29, 1.82) is 0 Å². The van der Waals surface area contributed by atoms with E-state index < -0.39 is 34.1 Å². The average molecular weight is 830 g/mol. The summed E-state index contributed by atoms with van der Waals surface area (Å²) in [6, 6.07) is 21.4. The summed E-state index contributed by atoms with van der Waals surface area (Å²) >= 11 is -1.11. The fourth-order valence-corrected chi connectivity index (χ4v) is 6.41. The van der Waals surface area contributed by atoms with Crippen molar-refractivity contribution in [2.45, 2.75) is 98.3 Å². The molecule has 272 valence electrons. The summed E-state index contributed by atoms with van der Waals surface area (Å²) in [5.41, 5.74) is 9.98. The molecule has 3 nitrogen and oxygen atoms in total. The predicted molar refractivity (Wildman–Crippen MR) is 212 cm³/mol. The van der Waals surface area contributed by atoms with Crippen LogP contribution in [0.1, 0.15) is 126 Å². The van der Waals surface area contributed by atoms with Crippen molar-refractivity contribution in [3.05, 3.63) is 109 Å². The molecule has 0 bridgehead atoms. The topological polar surface area (TPSA) is 49.7 Å². The van der Waals surface area contributed by atoms with Gasteiger partial charge in [0.25, 0.3) is 0 Å². The first-order chi connectivity index (χ1) is 22.6. The summed E-state index contributed by atoms with van der Waals surface area (Å²) in [7, 11) is 19.6. The summed E-state index contributed by atoms with van der Waals surface area (Å²) < 4.78 is 7.02. The maximum atomic E-state index is 11.1. The Bertz CT molecular complexity index is 1540. The molecule has 0 saturated carbocycles. The number of phenolic OH excluding ortho intramolecular Hbond substituents is 2. The van der Waals surface area contributed by atoms with E-state index in [0.717, 1.165) is 67.1 Å². The van der Waals surface area contributed by atoms with Crippen LogP contribution in [0.3, 0.4) is 0 Å². The van der Waals surface area contributed by atoms with Gasteiger partial charge in [-0.2, -0.15) is 0 Å². The third-order valence-electron chi connectivity index (χ3n) is 9.03. The van der Waals surface area contributed by atoms with Crippen LogP contribution in [0.5, 0.6) is 23.0 Å². The monoisotopic (exact) mass is 828 g/mol. The molecule has 4 aromatic carbocycles. The van der Waals surface area contributed by atoms with Crippen LogP contribution < -0.4 is 4.74 Å². The molecule has 0 atom stereocenters. The van der Waals surface area contributed by atoms with Crippen LogP contribution in [0.2, 0.25) is 0 Å². The minimum absolute atomic E-state index is 0. The van der Waals surface area contributed by atoms with E-state index in [1.165, 1.54) is 0 Å². The molecular formula is C41H52Cl4O3Ti2-2. The van der Waals surface area contributed by atoms with Crippen LogP contribution in [0.4, 0.5) is 0 Å². The SMILES string of the molecule is CC(C)c1cc(-c2cccc3c2Oc2c(-c4cc(C(C)C)c(O)c(C(C)C)c4)cccc2C3(C)C)cc(C(C)C)c1O.[CH3-].[CH3-].[Cl][Ti][Cl].[Cl][Ti][Cl]. The number of benzene rings is 4. The molecule has 9 heteroatoms. The molecule has 0 unspecified atom stereocenters. The zero-order valence-electron chi connectivity index (χ0n) is 31.4. The Morgan fingerprint density at radius 2 is 0.800 bits per heavy atom. The van der Waals surface area contributed by atoms with Crippen molar-refractivity contribution in [2.24, 2.45) is 0 Å². The van der Waals surface area contributed by atoms with Crippen molar-refractivity contribution in [2.75, 3.05) is 0 Å². The third kappa shape index (κ3) is 10.1. The zero-order chi connectivity index (χ0) is 36.1. The predicted octanol–water partition coefficient (Wildman–Crippen LogP) is 15.0. The Balaban J connectivity index is 0.00000146. The Kier molecular flexibility index (Phi) is 19.1. The molecule has 4 aromatic rings. The Hall–Kier alpha value is -1.13. The van der Waals surface area contributed by atoms with Crippen LogP contribution >= 0.6 is 37.2 Å². The van der Waals surface area contributed by atoms with Crippen LogP contribution in [0.25, 0.3) is 22.3 Å². The van der Waals surface area contributed by atoms with Gasteiger partial charge in [0.2, 0.25) is 0 Å². The van der Waals surface area contributed by atoms with E-state index in [2.05, 4.69) is 130 Å². The number of aromatic hydroxyl groups is 2. The molecule has 0 aromatic heterocycles. The number of halogens is 4. The molecule has 0 amide bonds. The fraction of sp³-hybridized carbons (Fsp3) is 0.366. The second-order valence-corrected chi connectivity index (χ2v) is 19.0. The molecule has 1 heterocycles. The number of para-hydroxylation sites is 2. The number of hydrogen-bond donors (Lipinski definition) is 2. The number of hydrogen-bond acceptors (Lipinski definition) is 3. The van der Waals surface area contributed by atoms with E-state index in [1.807, 2.05) is 0 Å². The average Bonchev–Trinajstić information content (AvgIpc) is 3.01. The molecule has 50 heavy (non-hydrogen) atoms. The molecule has 1 aliphatic rings. The van der Waals surface area contributed by atoms with Gasteiger partial charge in [-0.1, -0.05) is 106 Å². The number of phenols is 2. The first-order valence-corrected chi connectivity index (χ1v) is 24.8.